The lowest BCUT2D eigenvalue weighted by Gasteiger charge is -1.89. The molecule has 0 atom stereocenters. The molecular weight excluding hydrogens is 152 g/mol. The molecule has 0 aliphatic rings. The summed E-state index contributed by atoms with van der Waals surface area (Å²) in [5, 5.41) is 12.8. The predicted molar refractivity (Wildman–Crippen MR) is 48.7 cm³/mol. The molecule has 0 aliphatic carbocycles. The third kappa shape index (κ3) is 1.95. The van der Waals surface area contributed by atoms with Crippen molar-refractivity contribution < 1.29 is 5.11 Å². The van der Waals surface area contributed by atoms with Gasteiger partial charge in [0.25, 0.3) is 0 Å². The van der Waals surface area contributed by atoms with Gasteiger partial charge in [-0.1, -0.05) is 19.1 Å². The molecule has 0 spiro atoms. The number of hydrogen-bond acceptors (Lipinski definition) is 2. The van der Waals surface area contributed by atoms with Crippen molar-refractivity contribution in [1.29, 1.82) is 0 Å². The number of aryl methyl sites for hydroxylation is 2. The van der Waals surface area contributed by atoms with Crippen LogP contribution in [0.25, 0.3) is 6.08 Å². The highest BCUT2D eigenvalue weighted by atomic mass is 16.2. The molecule has 1 N–H and O–H groups in total. The largest absolute Gasteiger partial charge is 0.392 e. The Labute approximate surface area is 72.3 Å². The first kappa shape index (κ1) is 9.00. The standard InChI is InChI=1S/C9H14N2O/c1-3-9-8(5-4-6-12)7-11(2)10-9/h4-5,7,12H,3,6H2,1-2H3/b5-4+. The molecule has 12 heavy (non-hydrogen) atoms. The van der Waals surface area contributed by atoms with Crippen LogP contribution in [-0.4, -0.2) is 21.5 Å². The first-order valence-electron chi connectivity index (χ1n) is 4.07. The molecule has 1 rings (SSSR count). The zero-order chi connectivity index (χ0) is 8.97. The predicted octanol–water partition coefficient (Wildman–Crippen LogP) is 0.988. The first-order valence-corrected chi connectivity index (χ1v) is 4.07. The lowest BCUT2D eigenvalue weighted by Crippen LogP contribution is -1.89. The molecule has 0 amide bonds. The normalized spacial score (nSPS) is 11.2. The Bertz CT molecular complexity index is 276. The fourth-order valence-electron chi connectivity index (χ4n) is 1.15. The maximum absolute atomic E-state index is 8.58. The fraction of sp³-hybridized carbons (Fsp3) is 0.444. The molecule has 1 heterocycles. The Morgan fingerprint density at radius 2 is 2.42 bits per heavy atom. The van der Waals surface area contributed by atoms with E-state index in [-0.39, 0.29) is 6.61 Å². The van der Waals surface area contributed by atoms with Gasteiger partial charge in [0.15, 0.2) is 0 Å². The minimum absolute atomic E-state index is 0.0814. The van der Waals surface area contributed by atoms with E-state index in [9.17, 15) is 0 Å². The van der Waals surface area contributed by atoms with Gasteiger partial charge in [-0.25, -0.2) is 0 Å². The van der Waals surface area contributed by atoms with Crippen molar-refractivity contribution in [1.82, 2.24) is 9.78 Å². The average Bonchev–Trinajstić information content (AvgIpc) is 2.42. The topological polar surface area (TPSA) is 38.0 Å². The Hall–Kier alpha value is -1.09. The van der Waals surface area contributed by atoms with Crippen molar-refractivity contribution >= 4 is 6.08 Å². The molecule has 0 aromatic carbocycles. The van der Waals surface area contributed by atoms with Crippen molar-refractivity contribution in [3.05, 3.63) is 23.5 Å². The zero-order valence-corrected chi connectivity index (χ0v) is 7.49. The van der Waals surface area contributed by atoms with Gasteiger partial charge in [0.05, 0.1) is 12.3 Å². The van der Waals surface area contributed by atoms with Crippen LogP contribution in [0, 0.1) is 0 Å². The number of nitrogens with zero attached hydrogens (tertiary/aromatic N) is 2. The summed E-state index contributed by atoms with van der Waals surface area (Å²) in [6.07, 6.45) is 6.49. The molecule has 1 aromatic heterocycles. The van der Waals surface area contributed by atoms with Crippen molar-refractivity contribution in [2.45, 2.75) is 13.3 Å². The smallest absolute Gasteiger partial charge is 0.0693 e. The van der Waals surface area contributed by atoms with Gasteiger partial charge in [0.2, 0.25) is 0 Å². The molecule has 0 radical (unpaired) electrons. The third-order valence-corrected chi connectivity index (χ3v) is 1.68. The van der Waals surface area contributed by atoms with Gasteiger partial charge in [-0.2, -0.15) is 5.10 Å². The van der Waals surface area contributed by atoms with E-state index in [1.807, 2.05) is 19.3 Å². The molecule has 3 heteroatoms. The summed E-state index contributed by atoms with van der Waals surface area (Å²) in [4.78, 5) is 0. The van der Waals surface area contributed by atoms with E-state index in [4.69, 9.17) is 5.11 Å². The van der Waals surface area contributed by atoms with E-state index in [0.717, 1.165) is 17.7 Å². The van der Waals surface area contributed by atoms with Crippen LogP contribution >= 0.6 is 0 Å². The highest BCUT2D eigenvalue weighted by molar-refractivity contribution is 5.50. The summed E-state index contributed by atoms with van der Waals surface area (Å²) in [6.45, 7) is 2.15. The number of aliphatic hydroxyl groups excluding tert-OH is 1. The molecule has 3 nitrogen and oxygen atoms in total. The molecule has 0 saturated heterocycles. The van der Waals surface area contributed by atoms with Crippen molar-refractivity contribution in [2.75, 3.05) is 6.61 Å². The molecule has 66 valence electrons. The zero-order valence-electron chi connectivity index (χ0n) is 7.49. The van der Waals surface area contributed by atoms with Gasteiger partial charge in [-0.15, -0.1) is 0 Å². The number of hydrogen-bond donors (Lipinski definition) is 1. The quantitative estimate of drug-likeness (QED) is 0.727. The second-order valence-electron chi connectivity index (χ2n) is 2.64. The maximum Gasteiger partial charge on any atom is 0.0693 e. The minimum atomic E-state index is 0.0814. The SMILES string of the molecule is CCc1nn(C)cc1/C=C/CO. The highest BCUT2D eigenvalue weighted by Gasteiger charge is 2.00. The fourth-order valence-corrected chi connectivity index (χ4v) is 1.15. The van der Waals surface area contributed by atoms with E-state index in [0.29, 0.717) is 0 Å². The number of rotatable bonds is 3. The van der Waals surface area contributed by atoms with Gasteiger partial charge < -0.3 is 5.11 Å². The summed E-state index contributed by atoms with van der Waals surface area (Å²) < 4.78 is 1.79. The molecule has 0 bridgehead atoms. The van der Waals surface area contributed by atoms with E-state index in [2.05, 4.69) is 12.0 Å². The van der Waals surface area contributed by atoms with Crippen LogP contribution in [0.2, 0.25) is 0 Å². The maximum atomic E-state index is 8.58. The van der Waals surface area contributed by atoms with Crippen molar-refractivity contribution in [3.8, 4) is 0 Å². The van der Waals surface area contributed by atoms with Gasteiger partial charge in [0, 0.05) is 18.8 Å². The van der Waals surface area contributed by atoms with Gasteiger partial charge in [-0.3, -0.25) is 4.68 Å². The van der Waals surface area contributed by atoms with E-state index in [1.54, 1.807) is 10.8 Å². The molecule has 0 unspecified atom stereocenters. The lowest BCUT2D eigenvalue weighted by molar-refractivity contribution is 0.343. The Kier molecular flexibility index (Phi) is 3.05. The molecule has 1 aromatic rings. The molecular formula is C9H14N2O. The van der Waals surface area contributed by atoms with Gasteiger partial charge >= 0.3 is 0 Å². The molecule has 0 saturated carbocycles. The average molecular weight is 166 g/mol. The Morgan fingerprint density at radius 1 is 1.67 bits per heavy atom. The summed E-state index contributed by atoms with van der Waals surface area (Å²) in [5.74, 6) is 0. The minimum Gasteiger partial charge on any atom is -0.392 e. The van der Waals surface area contributed by atoms with E-state index < -0.39 is 0 Å². The monoisotopic (exact) mass is 166 g/mol. The van der Waals surface area contributed by atoms with Crippen LogP contribution in [0.5, 0.6) is 0 Å². The van der Waals surface area contributed by atoms with Crippen LogP contribution < -0.4 is 0 Å². The summed E-state index contributed by atoms with van der Waals surface area (Å²) >= 11 is 0. The second-order valence-corrected chi connectivity index (χ2v) is 2.64. The number of aromatic nitrogens is 2. The van der Waals surface area contributed by atoms with E-state index >= 15 is 0 Å². The second kappa shape index (κ2) is 4.07. The summed E-state index contributed by atoms with van der Waals surface area (Å²) in [5.41, 5.74) is 2.16. The van der Waals surface area contributed by atoms with Crippen LogP contribution in [-0.2, 0) is 13.5 Å². The van der Waals surface area contributed by atoms with Crippen LogP contribution in [0.1, 0.15) is 18.2 Å². The summed E-state index contributed by atoms with van der Waals surface area (Å²) in [6, 6.07) is 0. The lowest BCUT2D eigenvalue weighted by atomic mass is 10.2. The van der Waals surface area contributed by atoms with Crippen molar-refractivity contribution in [3.63, 3.8) is 0 Å². The summed E-state index contributed by atoms with van der Waals surface area (Å²) in [7, 11) is 1.90. The Balaban J connectivity index is 2.89. The van der Waals surface area contributed by atoms with Crippen LogP contribution in [0.3, 0.4) is 0 Å². The number of aliphatic hydroxyl groups is 1. The molecule has 0 fully saturated rings. The van der Waals surface area contributed by atoms with Gasteiger partial charge in [-0.05, 0) is 6.42 Å². The highest BCUT2D eigenvalue weighted by Crippen LogP contribution is 2.08. The third-order valence-electron chi connectivity index (χ3n) is 1.68. The van der Waals surface area contributed by atoms with Gasteiger partial charge in [0.1, 0.15) is 0 Å². The first-order chi connectivity index (χ1) is 5.77. The Morgan fingerprint density at radius 3 is 3.00 bits per heavy atom. The molecule has 0 aliphatic heterocycles. The van der Waals surface area contributed by atoms with E-state index in [1.165, 1.54) is 0 Å². The van der Waals surface area contributed by atoms with Crippen molar-refractivity contribution in [2.24, 2.45) is 7.05 Å². The van der Waals surface area contributed by atoms with Crippen LogP contribution in [0.4, 0.5) is 0 Å². The van der Waals surface area contributed by atoms with Crippen LogP contribution in [0.15, 0.2) is 12.3 Å².